The number of thiophene rings is 1. The van der Waals surface area contributed by atoms with Crippen molar-refractivity contribution in [3.05, 3.63) is 98.3 Å². The molecule has 4 aromatic rings. The number of hydrogen-bond donors (Lipinski definition) is 1. The number of aromatic amines is 1. The molecule has 2 aromatic heterocycles. The Kier molecular flexibility index (Phi) is 4.49. The molecule has 3 heterocycles. The van der Waals surface area contributed by atoms with Crippen LogP contribution in [0.2, 0.25) is 5.02 Å². The highest BCUT2D eigenvalue weighted by molar-refractivity contribution is 7.10. The topological polar surface area (TPSA) is 49.0 Å². The fourth-order valence-electron chi connectivity index (χ4n) is 3.84. The summed E-state index contributed by atoms with van der Waals surface area (Å²) in [4.78, 5) is 16.3. The van der Waals surface area contributed by atoms with Gasteiger partial charge in [-0.05, 0) is 30.0 Å². The van der Waals surface area contributed by atoms with Crippen molar-refractivity contribution in [2.45, 2.75) is 19.5 Å². The van der Waals surface area contributed by atoms with E-state index in [0.717, 1.165) is 27.3 Å². The second kappa shape index (κ2) is 7.17. The number of carbonyl (C=O) groups is 1. The van der Waals surface area contributed by atoms with E-state index < -0.39 is 0 Å². The Hall–Kier alpha value is -2.89. The third kappa shape index (κ3) is 3.07. The smallest absolute Gasteiger partial charge is 0.273 e. The molecule has 0 aliphatic carbocycles. The van der Waals surface area contributed by atoms with Crippen molar-refractivity contribution >= 4 is 28.8 Å². The van der Waals surface area contributed by atoms with E-state index in [-0.39, 0.29) is 11.9 Å². The first-order valence-electron chi connectivity index (χ1n) is 9.36. The van der Waals surface area contributed by atoms with Gasteiger partial charge in [-0.25, -0.2) is 0 Å². The van der Waals surface area contributed by atoms with E-state index in [9.17, 15) is 4.79 Å². The van der Waals surface area contributed by atoms with Crippen molar-refractivity contribution in [1.82, 2.24) is 15.1 Å². The molecule has 1 unspecified atom stereocenters. The minimum atomic E-state index is -0.191. The molecule has 5 rings (SSSR count). The summed E-state index contributed by atoms with van der Waals surface area (Å²) in [6, 6.07) is 19.8. The van der Waals surface area contributed by atoms with Crippen LogP contribution in [0.15, 0.2) is 66.0 Å². The summed E-state index contributed by atoms with van der Waals surface area (Å²) in [5, 5.41) is 10.2. The molecule has 0 radical (unpaired) electrons. The van der Waals surface area contributed by atoms with Crippen LogP contribution in [0.5, 0.6) is 0 Å². The Morgan fingerprint density at radius 2 is 1.90 bits per heavy atom. The van der Waals surface area contributed by atoms with Crippen LogP contribution in [-0.4, -0.2) is 21.0 Å². The number of nitrogens with zero attached hydrogens (tertiary/aromatic N) is 2. The van der Waals surface area contributed by atoms with Gasteiger partial charge in [0.2, 0.25) is 0 Å². The fraction of sp³-hybridized carbons (Fsp3) is 0.130. The van der Waals surface area contributed by atoms with Gasteiger partial charge in [-0.3, -0.25) is 9.89 Å². The van der Waals surface area contributed by atoms with E-state index in [1.54, 1.807) is 11.3 Å². The zero-order valence-corrected chi connectivity index (χ0v) is 17.3. The monoisotopic (exact) mass is 419 g/mol. The summed E-state index contributed by atoms with van der Waals surface area (Å²) in [5.41, 5.74) is 5.45. The number of H-pyrrole nitrogens is 1. The largest absolute Gasteiger partial charge is 0.321 e. The minimum absolute atomic E-state index is 0.0517. The maximum absolute atomic E-state index is 13.3. The SMILES string of the molecule is Cc1ccc(-c2n[nH]c3c2C(c2cccs2)N(Cc2ccccc2Cl)C3=O)cc1. The lowest BCUT2D eigenvalue weighted by Crippen LogP contribution is -2.28. The van der Waals surface area contributed by atoms with Gasteiger partial charge in [0.1, 0.15) is 5.69 Å². The molecule has 1 amide bonds. The summed E-state index contributed by atoms with van der Waals surface area (Å²) in [7, 11) is 0. The highest BCUT2D eigenvalue weighted by Crippen LogP contribution is 2.45. The van der Waals surface area contributed by atoms with Crippen LogP contribution < -0.4 is 0 Å². The number of benzene rings is 2. The standard InChI is InChI=1S/C23H18ClN3OS/c1-14-8-10-15(11-9-14)20-19-21(26-25-20)23(28)27(22(19)18-7-4-12-29-18)13-16-5-2-3-6-17(16)24/h2-12,22H,13H2,1H3,(H,25,26). The Morgan fingerprint density at radius 3 is 2.62 bits per heavy atom. The summed E-state index contributed by atoms with van der Waals surface area (Å²) < 4.78 is 0. The lowest BCUT2D eigenvalue weighted by Gasteiger charge is -2.25. The normalized spacial score (nSPS) is 15.7. The Balaban J connectivity index is 1.63. The maximum atomic E-state index is 13.3. The second-order valence-corrected chi connectivity index (χ2v) is 8.56. The van der Waals surface area contributed by atoms with Crippen molar-refractivity contribution < 1.29 is 4.79 Å². The summed E-state index contributed by atoms with van der Waals surface area (Å²) in [6.07, 6.45) is 0. The molecule has 1 aliphatic heterocycles. The average Bonchev–Trinajstić information content (AvgIpc) is 3.44. The minimum Gasteiger partial charge on any atom is -0.321 e. The van der Waals surface area contributed by atoms with Gasteiger partial charge in [0.05, 0.1) is 11.7 Å². The quantitative estimate of drug-likeness (QED) is 0.451. The number of nitrogens with one attached hydrogen (secondary N) is 1. The van der Waals surface area contributed by atoms with E-state index in [4.69, 9.17) is 11.6 Å². The molecule has 1 aliphatic rings. The van der Waals surface area contributed by atoms with Gasteiger partial charge < -0.3 is 4.90 Å². The lowest BCUT2D eigenvalue weighted by molar-refractivity contribution is 0.0732. The Bertz CT molecular complexity index is 1180. The molecule has 2 aromatic carbocycles. The van der Waals surface area contributed by atoms with E-state index in [0.29, 0.717) is 17.3 Å². The van der Waals surface area contributed by atoms with E-state index in [1.165, 1.54) is 5.56 Å². The van der Waals surface area contributed by atoms with Crippen LogP contribution in [0.4, 0.5) is 0 Å². The zero-order valence-electron chi connectivity index (χ0n) is 15.7. The third-order valence-corrected chi connectivity index (χ3v) is 6.59. The molecule has 0 saturated heterocycles. The molecular weight excluding hydrogens is 402 g/mol. The Morgan fingerprint density at radius 1 is 1.10 bits per heavy atom. The van der Waals surface area contributed by atoms with Gasteiger partial charge in [-0.1, -0.05) is 65.7 Å². The molecule has 0 fully saturated rings. The summed E-state index contributed by atoms with van der Waals surface area (Å²) >= 11 is 8.04. The molecule has 0 saturated carbocycles. The van der Waals surface area contributed by atoms with Gasteiger partial charge in [0.25, 0.3) is 5.91 Å². The van der Waals surface area contributed by atoms with E-state index >= 15 is 0 Å². The first-order chi connectivity index (χ1) is 14.1. The number of fused-ring (bicyclic) bond motifs is 1. The summed E-state index contributed by atoms with van der Waals surface area (Å²) in [6.45, 7) is 2.50. The first kappa shape index (κ1) is 18.2. The third-order valence-electron chi connectivity index (χ3n) is 5.30. The maximum Gasteiger partial charge on any atom is 0.273 e. The molecule has 0 bridgehead atoms. The van der Waals surface area contributed by atoms with Crippen LogP contribution in [0.3, 0.4) is 0 Å². The number of carbonyl (C=O) groups excluding carboxylic acids is 1. The Labute approximate surface area is 177 Å². The second-order valence-electron chi connectivity index (χ2n) is 7.17. The van der Waals surface area contributed by atoms with Gasteiger partial charge >= 0.3 is 0 Å². The van der Waals surface area contributed by atoms with Crippen LogP contribution in [0, 0.1) is 6.92 Å². The van der Waals surface area contributed by atoms with E-state index in [2.05, 4.69) is 47.5 Å². The zero-order chi connectivity index (χ0) is 20.0. The van der Waals surface area contributed by atoms with Crippen LogP contribution in [-0.2, 0) is 6.54 Å². The molecular formula is C23H18ClN3OS. The molecule has 6 heteroatoms. The molecule has 1 N–H and O–H groups in total. The van der Waals surface area contributed by atoms with Crippen molar-refractivity contribution in [3.8, 4) is 11.3 Å². The van der Waals surface area contributed by atoms with Crippen molar-refractivity contribution in [2.24, 2.45) is 0 Å². The number of hydrogen-bond acceptors (Lipinski definition) is 3. The summed E-state index contributed by atoms with van der Waals surface area (Å²) in [5.74, 6) is -0.0517. The first-order valence-corrected chi connectivity index (χ1v) is 10.6. The number of aromatic nitrogens is 2. The molecule has 29 heavy (non-hydrogen) atoms. The van der Waals surface area contributed by atoms with Gasteiger partial charge in [0, 0.05) is 27.6 Å². The van der Waals surface area contributed by atoms with Crippen LogP contribution >= 0.6 is 22.9 Å². The van der Waals surface area contributed by atoms with Gasteiger partial charge in [0.15, 0.2) is 0 Å². The fourth-order valence-corrected chi connectivity index (χ4v) is 4.88. The molecule has 144 valence electrons. The average molecular weight is 420 g/mol. The highest BCUT2D eigenvalue weighted by atomic mass is 35.5. The predicted molar refractivity (Wildman–Crippen MR) is 116 cm³/mol. The van der Waals surface area contributed by atoms with Crippen molar-refractivity contribution in [3.63, 3.8) is 0 Å². The van der Waals surface area contributed by atoms with Gasteiger partial charge in [-0.15, -0.1) is 11.3 Å². The molecule has 4 nitrogen and oxygen atoms in total. The number of rotatable bonds is 4. The molecule has 0 spiro atoms. The predicted octanol–water partition coefficient (Wildman–Crippen LogP) is 5.85. The lowest BCUT2D eigenvalue weighted by atomic mass is 10.00. The number of halogens is 1. The highest BCUT2D eigenvalue weighted by Gasteiger charge is 2.42. The van der Waals surface area contributed by atoms with Crippen LogP contribution in [0.25, 0.3) is 11.3 Å². The van der Waals surface area contributed by atoms with Gasteiger partial charge in [-0.2, -0.15) is 5.10 Å². The van der Waals surface area contributed by atoms with Crippen molar-refractivity contribution in [2.75, 3.05) is 0 Å². The van der Waals surface area contributed by atoms with Crippen LogP contribution in [0.1, 0.15) is 38.1 Å². The number of amides is 1. The van der Waals surface area contributed by atoms with Crippen molar-refractivity contribution in [1.29, 1.82) is 0 Å². The van der Waals surface area contributed by atoms with E-state index in [1.807, 2.05) is 40.6 Å². The molecule has 1 atom stereocenters. The number of aryl methyl sites for hydroxylation is 1.